The average molecular weight is 487 g/mol. The topological polar surface area (TPSA) is 66.3 Å². The molecule has 0 bridgehead atoms. The van der Waals surface area contributed by atoms with Crippen molar-refractivity contribution in [1.82, 2.24) is 5.01 Å². The fourth-order valence-electron chi connectivity index (χ4n) is 2.64. The van der Waals surface area contributed by atoms with Crippen LogP contribution in [0.15, 0.2) is 75.8 Å². The van der Waals surface area contributed by atoms with E-state index >= 15 is 0 Å². The zero-order valence-electron chi connectivity index (χ0n) is 16.7. The SMILES string of the molecule is C=CCN1CC(Oc2ccc(Br)cc2)=NC(SCC(=O)Nc2ccc(CC)cc2)=N1. The Morgan fingerprint density at radius 1 is 1.27 bits per heavy atom. The van der Waals surface area contributed by atoms with Gasteiger partial charge in [0.2, 0.25) is 17.0 Å². The van der Waals surface area contributed by atoms with Gasteiger partial charge in [-0.15, -0.1) is 11.7 Å². The summed E-state index contributed by atoms with van der Waals surface area (Å²) in [6.45, 7) is 6.85. The van der Waals surface area contributed by atoms with Crippen LogP contribution in [0.3, 0.4) is 0 Å². The average Bonchev–Trinajstić information content (AvgIpc) is 2.75. The molecule has 3 rings (SSSR count). The van der Waals surface area contributed by atoms with Crippen LogP contribution in [0.5, 0.6) is 5.75 Å². The smallest absolute Gasteiger partial charge is 0.234 e. The number of ether oxygens (including phenoxy) is 1. The van der Waals surface area contributed by atoms with E-state index in [0.717, 1.165) is 16.6 Å². The van der Waals surface area contributed by atoms with Crippen molar-refractivity contribution in [1.29, 1.82) is 0 Å². The molecule has 1 N–H and O–H groups in total. The summed E-state index contributed by atoms with van der Waals surface area (Å²) in [6, 6.07) is 15.4. The molecule has 1 heterocycles. The Kier molecular flexibility index (Phi) is 8.10. The molecule has 30 heavy (non-hydrogen) atoms. The number of benzene rings is 2. The van der Waals surface area contributed by atoms with Crippen LogP contribution in [0.4, 0.5) is 5.69 Å². The number of nitrogens with one attached hydrogen (secondary N) is 1. The molecule has 6 nitrogen and oxygen atoms in total. The highest BCUT2D eigenvalue weighted by molar-refractivity contribution is 9.10. The molecule has 0 saturated heterocycles. The van der Waals surface area contributed by atoms with E-state index in [2.05, 4.69) is 44.8 Å². The maximum atomic E-state index is 12.3. The lowest BCUT2D eigenvalue weighted by molar-refractivity contribution is -0.113. The third-order valence-electron chi connectivity index (χ3n) is 4.13. The molecular formula is C22H23BrN4O2S. The molecule has 0 atom stereocenters. The quantitative estimate of drug-likeness (QED) is 0.563. The number of thioether (sulfide) groups is 1. The molecule has 0 aliphatic carbocycles. The van der Waals surface area contributed by atoms with Gasteiger partial charge in [-0.1, -0.05) is 52.8 Å². The number of hydrogen-bond acceptors (Lipinski definition) is 6. The summed E-state index contributed by atoms with van der Waals surface area (Å²) in [6.07, 6.45) is 2.73. The summed E-state index contributed by atoms with van der Waals surface area (Å²) < 4.78 is 6.87. The van der Waals surface area contributed by atoms with Crippen molar-refractivity contribution in [3.63, 3.8) is 0 Å². The van der Waals surface area contributed by atoms with Gasteiger partial charge in [-0.25, -0.2) is 0 Å². The molecule has 0 spiro atoms. The number of carbonyl (C=O) groups excluding carboxylic acids is 1. The molecule has 2 aromatic rings. The third-order valence-corrected chi connectivity index (χ3v) is 5.50. The molecule has 0 radical (unpaired) electrons. The van der Waals surface area contributed by atoms with Gasteiger partial charge in [-0.05, 0) is 48.4 Å². The lowest BCUT2D eigenvalue weighted by atomic mass is 10.1. The molecule has 1 aliphatic rings. The normalized spacial score (nSPS) is 13.3. The van der Waals surface area contributed by atoms with Crippen LogP contribution in [0.2, 0.25) is 0 Å². The van der Waals surface area contributed by atoms with Crippen molar-refractivity contribution in [2.45, 2.75) is 13.3 Å². The largest absolute Gasteiger partial charge is 0.441 e. The molecule has 8 heteroatoms. The van der Waals surface area contributed by atoms with E-state index in [4.69, 9.17) is 4.74 Å². The second kappa shape index (κ2) is 11.0. The van der Waals surface area contributed by atoms with Gasteiger partial charge in [0.05, 0.1) is 12.3 Å². The van der Waals surface area contributed by atoms with Crippen molar-refractivity contribution in [2.24, 2.45) is 10.1 Å². The summed E-state index contributed by atoms with van der Waals surface area (Å²) in [5.41, 5.74) is 2.01. The molecule has 156 valence electrons. The highest BCUT2D eigenvalue weighted by Gasteiger charge is 2.18. The second-order valence-electron chi connectivity index (χ2n) is 6.47. The predicted octanol–water partition coefficient (Wildman–Crippen LogP) is 4.93. The Morgan fingerprint density at radius 2 is 2.00 bits per heavy atom. The van der Waals surface area contributed by atoms with Crippen LogP contribution in [0, 0.1) is 0 Å². The fraction of sp³-hybridized carbons (Fsp3) is 0.227. The van der Waals surface area contributed by atoms with Gasteiger partial charge in [0, 0.05) is 10.2 Å². The first-order valence-corrected chi connectivity index (χ1v) is 11.3. The van der Waals surface area contributed by atoms with Crippen molar-refractivity contribution in [3.8, 4) is 5.75 Å². The van der Waals surface area contributed by atoms with E-state index < -0.39 is 0 Å². The van der Waals surface area contributed by atoms with Crippen LogP contribution in [0.1, 0.15) is 12.5 Å². The number of halogens is 1. The molecular weight excluding hydrogens is 464 g/mol. The van der Waals surface area contributed by atoms with Gasteiger partial charge in [-0.3, -0.25) is 9.80 Å². The van der Waals surface area contributed by atoms with E-state index in [1.807, 2.05) is 48.5 Å². The molecule has 1 aliphatic heterocycles. The number of amidine groups is 1. The van der Waals surface area contributed by atoms with Gasteiger partial charge < -0.3 is 10.1 Å². The monoisotopic (exact) mass is 486 g/mol. The summed E-state index contributed by atoms with van der Waals surface area (Å²) in [5.74, 6) is 1.30. The van der Waals surface area contributed by atoms with Gasteiger partial charge >= 0.3 is 0 Å². The second-order valence-corrected chi connectivity index (χ2v) is 8.33. The highest BCUT2D eigenvalue weighted by Crippen LogP contribution is 2.19. The van der Waals surface area contributed by atoms with Gasteiger partial charge in [0.25, 0.3) is 0 Å². The molecule has 1 amide bonds. The molecule has 0 aromatic heterocycles. The maximum Gasteiger partial charge on any atom is 0.234 e. The van der Waals surface area contributed by atoms with Crippen LogP contribution < -0.4 is 10.1 Å². The maximum absolute atomic E-state index is 12.3. The van der Waals surface area contributed by atoms with Crippen molar-refractivity contribution < 1.29 is 9.53 Å². The minimum absolute atomic E-state index is 0.113. The van der Waals surface area contributed by atoms with Crippen molar-refractivity contribution in [3.05, 3.63) is 71.2 Å². The number of anilines is 1. The number of amides is 1. The van der Waals surface area contributed by atoms with Crippen LogP contribution >= 0.6 is 27.7 Å². The number of nitrogens with zero attached hydrogens (tertiary/aromatic N) is 3. The van der Waals surface area contributed by atoms with E-state index in [1.165, 1.54) is 17.3 Å². The Bertz CT molecular complexity index is 943. The standard InChI is InChI=1S/C22H23BrN4O2S/c1-3-13-27-14-21(29-19-11-7-17(23)8-12-19)25-22(26-27)30-15-20(28)24-18-9-5-16(4-2)6-10-18/h3,5-12H,1,4,13-15H2,2H3,(H,24,28). The fourth-order valence-corrected chi connectivity index (χ4v) is 3.57. The zero-order chi connectivity index (χ0) is 21.3. The summed E-state index contributed by atoms with van der Waals surface area (Å²) >= 11 is 4.68. The number of hydrogen-bond donors (Lipinski definition) is 1. The number of aliphatic imine (C=N–C) groups is 1. The minimum atomic E-state index is -0.113. The van der Waals surface area contributed by atoms with Crippen LogP contribution in [-0.4, -0.2) is 40.8 Å². The first-order chi connectivity index (χ1) is 14.6. The first kappa shape index (κ1) is 22.1. The van der Waals surface area contributed by atoms with E-state index in [1.54, 1.807) is 11.1 Å². The molecule has 0 fully saturated rings. The van der Waals surface area contributed by atoms with Crippen LogP contribution in [-0.2, 0) is 11.2 Å². The van der Waals surface area contributed by atoms with E-state index in [0.29, 0.717) is 29.9 Å². The first-order valence-electron chi connectivity index (χ1n) is 9.52. The molecule has 0 saturated carbocycles. The van der Waals surface area contributed by atoms with Crippen LogP contribution in [0.25, 0.3) is 0 Å². The minimum Gasteiger partial charge on any atom is -0.441 e. The van der Waals surface area contributed by atoms with Crippen molar-refractivity contribution in [2.75, 3.05) is 24.2 Å². The number of carbonyl (C=O) groups is 1. The highest BCUT2D eigenvalue weighted by atomic mass is 79.9. The number of aryl methyl sites for hydroxylation is 1. The summed E-state index contributed by atoms with van der Waals surface area (Å²) in [4.78, 5) is 16.8. The Hall–Kier alpha value is -2.58. The number of hydrazone groups is 1. The van der Waals surface area contributed by atoms with Gasteiger partial charge in [0.1, 0.15) is 12.3 Å². The van der Waals surface area contributed by atoms with E-state index in [9.17, 15) is 4.79 Å². The Balaban J connectivity index is 1.61. The predicted molar refractivity (Wildman–Crippen MR) is 128 cm³/mol. The summed E-state index contributed by atoms with van der Waals surface area (Å²) in [5, 5.41) is 9.64. The van der Waals surface area contributed by atoms with Gasteiger partial charge in [0.15, 0.2) is 0 Å². The third kappa shape index (κ3) is 6.74. The Labute approximate surface area is 189 Å². The lowest BCUT2D eigenvalue weighted by Gasteiger charge is -2.23. The number of rotatable bonds is 7. The van der Waals surface area contributed by atoms with Crippen molar-refractivity contribution >= 4 is 50.4 Å². The zero-order valence-corrected chi connectivity index (χ0v) is 19.1. The Morgan fingerprint density at radius 3 is 2.67 bits per heavy atom. The lowest BCUT2D eigenvalue weighted by Crippen LogP contribution is -2.33. The van der Waals surface area contributed by atoms with E-state index in [-0.39, 0.29) is 11.7 Å². The summed E-state index contributed by atoms with van der Waals surface area (Å²) in [7, 11) is 0. The molecule has 0 unspecified atom stereocenters. The van der Waals surface area contributed by atoms with Gasteiger partial charge in [-0.2, -0.15) is 4.99 Å². The molecule has 2 aromatic carbocycles.